The number of aryl methyl sites for hydroxylation is 1. The first-order valence-corrected chi connectivity index (χ1v) is 14.4. The van der Waals surface area contributed by atoms with Crippen LogP contribution >= 0.6 is 11.6 Å². The number of halogens is 1. The number of anilines is 1. The topological polar surface area (TPSA) is 86.8 Å². The second-order valence-electron chi connectivity index (χ2n) is 9.30. The maximum Gasteiger partial charge on any atom is 0.264 e. The van der Waals surface area contributed by atoms with Crippen LogP contribution in [0.3, 0.4) is 0 Å². The van der Waals surface area contributed by atoms with E-state index in [2.05, 4.69) is 5.32 Å². The highest BCUT2D eigenvalue weighted by atomic mass is 35.5. The lowest BCUT2D eigenvalue weighted by molar-refractivity contribution is -0.139. The predicted octanol–water partition coefficient (Wildman–Crippen LogP) is 5.04. The summed E-state index contributed by atoms with van der Waals surface area (Å²) in [5.74, 6) is -0.874. The first-order valence-electron chi connectivity index (χ1n) is 12.5. The fourth-order valence-electron chi connectivity index (χ4n) is 3.94. The van der Waals surface area contributed by atoms with Gasteiger partial charge in [-0.3, -0.25) is 13.9 Å². The fraction of sp³-hybridized carbons (Fsp3) is 0.310. The van der Waals surface area contributed by atoms with E-state index in [9.17, 15) is 18.0 Å². The summed E-state index contributed by atoms with van der Waals surface area (Å²) in [5.41, 5.74) is 2.05. The third-order valence-corrected chi connectivity index (χ3v) is 8.30. The van der Waals surface area contributed by atoms with Crippen LogP contribution in [0.15, 0.2) is 83.8 Å². The largest absolute Gasteiger partial charge is 0.352 e. The zero-order valence-corrected chi connectivity index (χ0v) is 23.7. The Morgan fingerprint density at radius 2 is 1.50 bits per heavy atom. The molecule has 0 aliphatic rings. The third-order valence-electron chi connectivity index (χ3n) is 6.14. The first-order chi connectivity index (χ1) is 18.0. The van der Waals surface area contributed by atoms with Gasteiger partial charge in [0.15, 0.2) is 0 Å². The highest BCUT2D eigenvalue weighted by Gasteiger charge is 2.32. The highest BCUT2D eigenvalue weighted by molar-refractivity contribution is 7.92. The van der Waals surface area contributed by atoms with E-state index in [1.165, 1.54) is 17.0 Å². The van der Waals surface area contributed by atoms with Gasteiger partial charge in [-0.2, -0.15) is 0 Å². The summed E-state index contributed by atoms with van der Waals surface area (Å²) in [6.45, 7) is 6.84. The molecule has 0 radical (unpaired) electrons. The van der Waals surface area contributed by atoms with Crippen LogP contribution in [0, 0.1) is 0 Å². The van der Waals surface area contributed by atoms with Crippen molar-refractivity contribution in [3.8, 4) is 0 Å². The summed E-state index contributed by atoms with van der Waals surface area (Å²) in [7, 11) is -4.09. The monoisotopic (exact) mass is 555 g/mol. The molecular weight excluding hydrogens is 522 g/mol. The molecule has 38 heavy (non-hydrogen) atoms. The van der Waals surface area contributed by atoms with Crippen molar-refractivity contribution in [2.45, 2.75) is 57.6 Å². The average Bonchev–Trinajstić information content (AvgIpc) is 2.91. The van der Waals surface area contributed by atoms with Crippen LogP contribution in [-0.2, 0) is 32.6 Å². The summed E-state index contributed by atoms with van der Waals surface area (Å²) in [6, 6.07) is 21.1. The normalized spacial score (nSPS) is 12.2. The molecule has 9 heteroatoms. The Kier molecular flexibility index (Phi) is 9.94. The number of sulfonamides is 1. The molecule has 1 N–H and O–H groups in total. The van der Waals surface area contributed by atoms with Crippen LogP contribution in [0.4, 0.5) is 5.69 Å². The minimum atomic E-state index is -4.09. The number of benzene rings is 3. The summed E-state index contributed by atoms with van der Waals surface area (Å²) in [4.78, 5) is 28.3. The molecule has 0 bridgehead atoms. The van der Waals surface area contributed by atoms with E-state index in [4.69, 9.17) is 11.6 Å². The van der Waals surface area contributed by atoms with E-state index in [-0.39, 0.29) is 23.4 Å². The predicted molar refractivity (Wildman–Crippen MR) is 152 cm³/mol. The van der Waals surface area contributed by atoms with E-state index in [1.807, 2.05) is 32.9 Å². The van der Waals surface area contributed by atoms with Crippen LogP contribution in [0.1, 0.15) is 38.8 Å². The van der Waals surface area contributed by atoms with Gasteiger partial charge in [0.1, 0.15) is 12.6 Å². The molecule has 1 atom stereocenters. The van der Waals surface area contributed by atoms with Crippen molar-refractivity contribution >= 4 is 39.1 Å². The lowest BCUT2D eigenvalue weighted by atomic mass is 10.1. The van der Waals surface area contributed by atoms with Crippen molar-refractivity contribution in [3.63, 3.8) is 0 Å². The van der Waals surface area contributed by atoms with Crippen LogP contribution in [0.25, 0.3) is 0 Å². The Labute approximate surface area is 230 Å². The Morgan fingerprint density at radius 3 is 2.08 bits per heavy atom. The van der Waals surface area contributed by atoms with Gasteiger partial charge in [0.25, 0.3) is 10.0 Å². The molecule has 0 fully saturated rings. The number of hydrogen-bond donors (Lipinski definition) is 1. The van der Waals surface area contributed by atoms with Gasteiger partial charge in [0, 0.05) is 17.6 Å². The fourth-order valence-corrected chi connectivity index (χ4v) is 5.57. The van der Waals surface area contributed by atoms with Gasteiger partial charge >= 0.3 is 0 Å². The third kappa shape index (κ3) is 7.14. The van der Waals surface area contributed by atoms with Crippen LogP contribution in [-0.4, -0.2) is 43.8 Å². The van der Waals surface area contributed by atoms with Crippen molar-refractivity contribution in [2.24, 2.45) is 0 Å². The molecule has 0 unspecified atom stereocenters. The first kappa shape index (κ1) is 29.2. The number of nitrogens with zero attached hydrogens (tertiary/aromatic N) is 2. The Hall–Kier alpha value is -3.36. The van der Waals surface area contributed by atoms with Gasteiger partial charge in [0.05, 0.1) is 10.6 Å². The average molecular weight is 556 g/mol. The number of nitrogens with one attached hydrogen (secondary N) is 1. The van der Waals surface area contributed by atoms with E-state index >= 15 is 0 Å². The van der Waals surface area contributed by atoms with Gasteiger partial charge in [-0.15, -0.1) is 0 Å². The van der Waals surface area contributed by atoms with Crippen molar-refractivity contribution in [2.75, 3.05) is 10.8 Å². The van der Waals surface area contributed by atoms with E-state index in [0.29, 0.717) is 16.3 Å². The van der Waals surface area contributed by atoms with Crippen LogP contribution in [0.2, 0.25) is 5.02 Å². The Bertz CT molecular complexity index is 1350. The lowest BCUT2D eigenvalue weighted by Gasteiger charge is -2.32. The molecule has 0 aliphatic heterocycles. The van der Waals surface area contributed by atoms with Crippen molar-refractivity contribution in [1.29, 1.82) is 0 Å². The summed E-state index contributed by atoms with van der Waals surface area (Å²) in [6.07, 6.45) is 0.790. The quantitative estimate of drug-likeness (QED) is 0.359. The molecule has 0 aromatic heterocycles. The van der Waals surface area contributed by atoms with Gasteiger partial charge in [-0.05, 0) is 68.7 Å². The SMILES string of the molecule is CCc1ccc(N(CC(=O)N(Cc2ccccc2Cl)[C@@H](C)C(=O)NC(C)C)S(=O)(=O)c2ccccc2)cc1. The number of rotatable bonds is 11. The summed E-state index contributed by atoms with van der Waals surface area (Å²) >= 11 is 6.38. The van der Waals surface area contributed by atoms with E-state index in [0.717, 1.165) is 16.3 Å². The summed E-state index contributed by atoms with van der Waals surface area (Å²) in [5, 5.41) is 3.28. The second-order valence-corrected chi connectivity index (χ2v) is 11.6. The van der Waals surface area contributed by atoms with Gasteiger partial charge < -0.3 is 10.2 Å². The Balaban J connectivity index is 2.03. The zero-order chi connectivity index (χ0) is 27.9. The molecule has 3 aromatic carbocycles. The minimum absolute atomic E-state index is 0.0409. The molecule has 0 spiro atoms. The highest BCUT2D eigenvalue weighted by Crippen LogP contribution is 2.26. The van der Waals surface area contributed by atoms with Crippen LogP contribution < -0.4 is 9.62 Å². The van der Waals surface area contributed by atoms with Gasteiger partial charge in [-0.25, -0.2) is 8.42 Å². The molecule has 0 saturated carbocycles. The second kappa shape index (κ2) is 12.9. The molecule has 2 amide bonds. The molecule has 3 rings (SSSR count). The molecule has 0 aliphatic carbocycles. The smallest absolute Gasteiger partial charge is 0.264 e. The number of carbonyl (C=O) groups is 2. The zero-order valence-electron chi connectivity index (χ0n) is 22.1. The molecule has 3 aromatic rings. The van der Waals surface area contributed by atoms with E-state index in [1.54, 1.807) is 61.5 Å². The lowest BCUT2D eigenvalue weighted by Crippen LogP contribution is -2.52. The van der Waals surface area contributed by atoms with Gasteiger partial charge in [0.2, 0.25) is 11.8 Å². The number of amides is 2. The minimum Gasteiger partial charge on any atom is -0.352 e. The molecule has 0 heterocycles. The molecular formula is C29H34ClN3O4S. The standard InChI is InChI=1S/C29H34ClN3O4S/c1-5-23-15-17-25(18-16-23)33(38(36,37)26-12-7-6-8-13-26)20-28(34)32(22(4)29(35)31-21(2)3)19-24-11-9-10-14-27(24)30/h6-18,21-22H,5,19-20H2,1-4H3,(H,31,35)/t22-/m0/s1. The van der Waals surface area contributed by atoms with Crippen molar-refractivity contribution in [3.05, 3.63) is 95.0 Å². The van der Waals surface area contributed by atoms with E-state index < -0.39 is 28.5 Å². The summed E-state index contributed by atoms with van der Waals surface area (Å²) < 4.78 is 28.6. The molecule has 202 valence electrons. The molecule has 0 saturated heterocycles. The van der Waals surface area contributed by atoms with Crippen molar-refractivity contribution < 1.29 is 18.0 Å². The van der Waals surface area contributed by atoms with Crippen molar-refractivity contribution in [1.82, 2.24) is 10.2 Å². The van der Waals surface area contributed by atoms with Gasteiger partial charge in [-0.1, -0.05) is 67.1 Å². The Morgan fingerprint density at radius 1 is 0.895 bits per heavy atom. The number of carbonyl (C=O) groups excluding carboxylic acids is 2. The number of hydrogen-bond acceptors (Lipinski definition) is 4. The molecule has 7 nitrogen and oxygen atoms in total. The maximum absolute atomic E-state index is 13.9. The van der Waals surface area contributed by atoms with Crippen LogP contribution in [0.5, 0.6) is 0 Å². The maximum atomic E-state index is 13.9.